The highest BCUT2D eigenvalue weighted by molar-refractivity contribution is 5.37. The maximum atomic E-state index is 10.1. The maximum Gasteiger partial charge on any atom is 0.122 e. The summed E-state index contributed by atoms with van der Waals surface area (Å²) in [5, 5.41) is 10.1. The summed E-state index contributed by atoms with van der Waals surface area (Å²) in [6, 6.07) is 6.06. The zero-order valence-corrected chi connectivity index (χ0v) is 10.9. The summed E-state index contributed by atoms with van der Waals surface area (Å²) < 4.78 is 5.30. The van der Waals surface area contributed by atoms with Gasteiger partial charge in [-0.2, -0.15) is 0 Å². The first kappa shape index (κ1) is 13.0. The van der Waals surface area contributed by atoms with Gasteiger partial charge in [-0.3, -0.25) is 0 Å². The topological polar surface area (TPSA) is 29.5 Å². The van der Waals surface area contributed by atoms with Crippen molar-refractivity contribution in [3.05, 3.63) is 29.3 Å². The fourth-order valence-corrected chi connectivity index (χ4v) is 1.58. The number of ether oxygens (including phenoxy) is 1. The summed E-state index contributed by atoms with van der Waals surface area (Å²) in [6.07, 6.45) is 0.275. The fourth-order valence-electron chi connectivity index (χ4n) is 1.58. The Morgan fingerprint density at radius 2 is 1.94 bits per heavy atom. The molecular formula is C14H22O2. The SMILES string of the molecule is COc1ccc(C)cc1CC(O)C(C)(C)C. The molecule has 2 heteroatoms. The van der Waals surface area contributed by atoms with E-state index < -0.39 is 0 Å². The molecular weight excluding hydrogens is 200 g/mol. The number of aryl methyl sites for hydroxylation is 1. The number of aliphatic hydroxyl groups is 1. The standard InChI is InChI=1S/C14H22O2/c1-10-6-7-12(16-5)11(8-10)9-13(15)14(2,3)4/h6-8,13,15H,9H2,1-5H3. The van der Waals surface area contributed by atoms with Crippen LogP contribution in [-0.2, 0) is 6.42 Å². The smallest absolute Gasteiger partial charge is 0.122 e. The molecule has 16 heavy (non-hydrogen) atoms. The number of aliphatic hydroxyl groups excluding tert-OH is 1. The van der Waals surface area contributed by atoms with Crippen molar-refractivity contribution >= 4 is 0 Å². The molecule has 0 aliphatic carbocycles. The van der Waals surface area contributed by atoms with Crippen LogP contribution in [0.1, 0.15) is 31.9 Å². The van der Waals surface area contributed by atoms with Crippen molar-refractivity contribution in [2.24, 2.45) is 5.41 Å². The van der Waals surface area contributed by atoms with Gasteiger partial charge in [0.25, 0.3) is 0 Å². The minimum atomic E-state index is -0.358. The molecule has 0 fully saturated rings. The Morgan fingerprint density at radius 1 is 1.31 bits per heavy atom. The molecule has 1 atom stereocenters. The van der Waals surface area contributed by atoms with Gasteiger partial charge in [-0.15, -0.1) is 0 Å². The third kappa shape index (κ3) is 3.24. The molecule has 1 rings (SSSR count). The lowest BCUT2D eigenvalue weighted by Crippen LogP contribution is -2.28. The normalized spacial score (nSPS) is 13.6. The third-order valence-electron chi connectivity index (χ3n) is 2.85. The molecule has 90 valence electrons. The second-order valence-electron chi connectivity index (χ2n) is 5.40. The largest absolute Gasteiger partial charge is 0.496 e. The van der Waals surface area contributed by atoms with Crippen LogP contribution in [0.2, 0.25) is 0 Å². The van der Waals surface area contributed by atoms with Crippen LogP contribution in [0.4, 0.5) is 0 Å². The predicted molar refractivity (Wildman–Crippen MR) is 66.9 cm³/mol. The van der Waals surface area contributed by atoms with Crippen molar-refractivity contribution in [3.63, 3.8) is 0 Å². The molecule has 0 saturated heterocycles. The lowest BCUT2D eigenvalue weighted by molar-refractivity contribution is 0.0631. The lowest BCUT2D eigenvalue weighted by atomic mass is 9.85. The van der Waals surface area contributed by atoms with Crippen molar-refractivity contribution in [2.75, 3.05) is 7.11 Å². The molecule has 1 aromatic carbocycles. The van der Waals surface area contributed by atoms with Crippen molar-refractivity contribution in [2.45, 2.75) is 40.2 Å². The molecule has 1 unspecified atom stereocenters. The number of hydrogen-bond donors (Lipinski definition) is 1. The van der Waals surface area contributed by atoms with Crippen LogP contribution in [-0.4, -0.2) is 18.3 Å². The Hall–Kier alpha value is -1.02. The highest BCUT2D eigenvalue weighted by Gasteiger charge is 2.23. The van der Waals surface area contributed by atoms with Crippen LogP contribution < -0.4 is 4.74 Å². The Bertz CT molecular complexity index is 350. The third-order valence-corrected chi connectivity index (χ3v) is 2.85. The van der Waals surface area contributed by atoms with Gasteiger partial charge in [-0.05, 0) is 24.0 Å². The van der Waals surface area contributed by atoms with E-state index in [-0.39, 0.29) is 11.5 Å². The van der Waals surface area contributed by atoms with Gasteiger partial charge in [0, 0.05) is 6.42 Å². The molecule has 0 heterocycles. The van der Waals surface area contributed by atoms with Crippen LogP contribution >= 0.6 is 0 Å². The highest BCUT2D eigenvalue weighted by atomic mass is 16.5. The van der Waals surface area contributed by atoms with Crippen LogP contribution in [0, 0.1) is 12.3 Å². The monoisotopic (exact) mass is 222 g/mol. The summed E-state index contributed by atoms with van der Waals surface area (Å²) in [6.45, 7) is 8.17. The zero-order chi connectivity index (χ0) is 12.3. The molecule has 2 nitrogen and oxygen atoms in total. The van der Waals surface area contributed by atoms with Crippen LogP contribution in [0.25, 0.3) is 0 Å². The van der Waals surface area contributed by atoms with E-state index in [4.69, 9.17) is 4.74 Å². The number of methoxy groups -OCH3 is 1. The highest BCUT2D eigenvalue weighted by Crippen LogP contribution is 2.27. The van der Waals surface area contributed by atoms with Gasteiger partial charge >= 0.3 is 0 Å². The Morgan fingerprint density at radius 3 is 2.44 bits per heavy atom. The van der Waals surface area contributed by atoms with Gasteiger partial charge in [0.1, 0.15) is 5.75 Å². The van der Waals surface area contributed by atoms with Gasteiger partial charge < -0.3 is 9.84 Å². The van der Waals surface area contributed by atoms with E-state index in [2.05, 4.69) is 6.07 Å². The van der Waals surface area contributed by atoms with Crippen LogP contribution in [0.3, 0.4) is 0 Å². The second-order valence-corrected chi connectivity index (χ2v) is 5.40. The summed E-state index contributed by atoms with van der Waals surface area (Å²) in [5.41, 5.74) is 2.16. The Balaban J connectivity index is 2.91. The maximum absolute atomic E-state index is 10.1. The van der Waals surface area contributed by atoms with Crippen molar-refractivity contribution in [3.8, 4) is 5.75 Å². The Kier molecular flexibility index (Phi) is 3.98. The average Bonchev–Trinajstić information content (AvgIpc) is 2.16. The summed E-state index contributed by atoms with van der Waals surface area (Å²) in [7, 11) is 1.66. The van der Waals surface area contributed by atoms with Crippen molar-refractivity contribution < 1.29 is 9.84 Å². The van der Waals surface area contributed by atoms with E-state index in [9.17, 15) is 5.11 Å². The lowest BCUT2D eigenvalue weighted by Gasteiger charge is -2.26. The minimum Gasteiger partial charge on any atom is -0.496 e. The summed E-state index contributed by atoms with van der Waals surface area (Å²) >= 11 is 0. The molecule has 0 aliphatic rings. The van der Waals surface area contributed by atoms with Gasteiger partial charge in [0.15, 0.2) is 0 Å². The fraction of sp³-hybridized carbons (Fsp3) is 0.571. The summed E-state index contributed by atoms with van der Waals surface area (Å²) in [4.78, 5) is 0. The van der Waals surface area contributed by atoms with Gasteiger partial charge in [0.05, 0.1) is 13.2 Å². The van der Waals surface area contributed by atoms with Crippen molar-refractivity contribution in [1.29, 1.82) is 0 Å². The number of benzene rings is 1. The molecule has 0 spiro atoms. The minimum absolute atomic E-state index is 0.102. The first-order chi connectivity index (χ1) is 7.34. The van der Waals surface area contributed by atoms with Crippen LogP contribution in [0.15, 0.2) is 18.2 Å². The molecule has 0 aliphatic heterocycles. The first-order valence-corrected chi connectivity index (χ1v) is 5.66. The summed E-state index contributed by atoms with van der Waals surface area (Å²) in [5.74, 6) is 0.855. The van der Waals surface area contributed by atoms with Gasteiger partial charge in [-0.25, -0.2) is 0 Å². The molecule has 0 radical (unpaired) electrons. The molecule has 0 bridgehead atoms. The Labute approximate surface area is 98.3 Å². The van der Waals surface area contributed by atoms with Crippen LogP contribution in [0.5, 0.6) is 5.75 Å². The van der Waals surface area contributed by atoms with Gasteiger partial charge in [0.2, 0.25) is 0 Å². The van der Waals surface area contributed by atoms with E-state index in [1.807, 2.05) is 39.8 Å². The molecule has 1 aromatic rings. The van der Waals surface area contributed by atoms with E-state index >= 15 is 0 Å². The second kappa shape index (κ2) is 4.88. The van der Waals surface area contributed by atoms with Gasteiger partial charge in [-0.1, -0.05) is 38.5 Å². The zero-order valence-electron chi connectivity index (χ0n) is 10.9. The quantitative estimate of drug-likeness (QED) is 0.852. The number of rotatable bonds is 3. The molecule has 0 aromatic heterocycles. The van der Waals surface area contributed by atoms with E-state index in [1.54, 1.807) is 7.11 Å². The van der Waals surface area contributed by atoms with E-state index in [0.29, 0.717) is 6.42 Å². The molecule has 0 saturated carbocycles. The van der Waals surface area contributed by atoms with E-state index in [1.165, 1.54) is 5.56 Å². The molecule has 0 amide bonds. The number of hydrogen-bond acceptors (Lipinski definition) is 2. The molecule has 1 N–H and O–H groups in total. The van der Waals surface area contributed by atoms with E-state index in [0.717, 1.165) is 11.3 Å². The predicted octanol–water partition coefficient (Wildman–Crippen LogP) is 2.95. The van der Waals surface area contributed by atoms with Crippen molar-refractivity contribution in [1.82, 2.24) is 0 Å². The average molecular weight is 222 g/mol. The first-order valence-electron chi connectivity index (χ1n) is 5.66.